The van der Waals surface area contributed by atoms with Gasteiger partial charge in [-0.15, -0.1) is 0 Å². The number of rotatable bonds is 14. The predicted octanol–water partition coefficient (Wildman–Crippen LogP) is 8.25. The average Bonchev–Trinajstić information content (AvgIpc) is 3.69. The molecular formula is C50H63N3O9. The number of allylic oxidation sites excluding steroid dienone is 1. The molecule has 1 N–H and O–H groups in total. The Balaban J connectivity index is 1.20. The fourth-order valence-electron chi connectivity index (χ4n) is 11.1. The number of hydrogen-bond donors (Lipinski definition) is 1. The van der Waals surface area contributed by atoms with Gasteiger partial charge in [0.15, 0.2) is 28.8 Å². The highest BCUT2D eigenvalue weighted by Gasteiger charge is 2.45. The Labute approximate surface area is 365 Å². The number of ether oxygens (including phenoxy) is 6. The molecule has 4 aromatic rings. The highest BCUT2D eigenvalue weighted by molar-refractivity contribution is 5.95. The first-order chi connectivity index (χ1) is 30.2. The van der Waals surface area contributed by atoms with Crippen molar-refractivity contribution in [2.45, 2.75) is 90.0 Å². The van der Waals surface area contributed by atoms with Crippen molar-refractivity contribution in [3.05, 3.63) is 94.4 Å². The number of fused-ring (bicyclic) bond motifs is 5. The first-order valence-electron chi connectivity index (χ1n) is 22.4. The summed E-state index contributed by atoms with van der Waals surface area (Å²) < 4.78 is 37.9. The van der Waals surface area contributed by atoms with Crippen molar-refractivity contribution in [2.24, 2.45) is 17.8 Å². The summed E-state index contributed by atoms with van der Waals surface area (Å²) in [5.74, 6) is 2.95. The van der Waals surface area contributed by atoms with Crippen LogP contribution in [0.2, 0.25) is 0 Å². The molecule has 332 valence electrons. The maximum atomic E-state index is 15.5. The van der Waals surface area contributed by atoms with Gasteiger partial charge in [0.25, 0.3) is 5.91 Å². The highest BCUT2D eigenvalue weighted by Crippen LogP contribution is 2.50. The quantitative estimate of drug-likeness (QED) is 0.133. The molecule has 1 fully saturated rings. The van der Waals surface area contributed by atoms with Gasteiger partial charge in [-0.3, -0.25) is 19.1 Å². The van der Waals surface area contributed by atoms with Crippen molar-refractivity contribution in [1.29, 1.82) is 0 Å². The van der Waals surface area contributed by atoms with Crippen LogP contribution in [-0.4, -0.2) is 98.9 Å². The topological polar surface area (TPSA) is 121 Å². The second-order valence-electron chi connectivity index (χ2n) is 17.3. The van der Waals surface area contributed by atoms with E-state index in [4.69, 9.17) is 28.4 Å². The minimum Gasteiger partial charge on any atom is -0.493 e. The molecule has 4 aliphatic heterocycles. The summed E-state index contributed by atoms with van der Waals surface area (Å²) in [5, 5.41) is 10.9. The van der Waals surface area contributed by atoms with E-state index in [0.29, 0.717) is 55.7 Å². The van der Waals surface area contributed by atoms with E-state index < -0.39 is 6.29 Å². The zero-order valence-electron chi connectivity index (χ0n) is 37.4. The predicted molar refractivity (Wildman–Crippen MR) is 237 cm³/mol. The van der Waals surface area contributed by atoms with E-state index in [1.165, 1.54) is 11.1 Å². The molecule has 0 radical (unpaired) electrons. The Morgan fingerprint density at radius 2 is 1.50 bits per heavy atom. The minimum atomic E-state index is -0.740. The highest BCUT2D eigenvalue weighted by atomic mass is 16.7. The van der Waals surface area contributed by atoms with E-state index in [-0.39, 0.29) is 48.1 Å². The Morgan fingerprint density at radius 3 is 2.16 bits per heavy atom. The zero-order valence-corrected chi connectivity index (χ0v) is 37.4. The largest absolute Gasteiger partial charge is 0.493 e. The number of carbonyl (C=O) groups excluding carboxylic acids is 2. The average molecular weight is 850 g/mol. The number of aromatic nitrogens is 1. The zero-order chi connectivity index (χ0) is 43.7. The number of aliphatic hydroxyl groups is 1. The van der Waals surface area contributed by atoms with Gasteiger partial charge in [-0.05, 0) is 122 Å². The number of carbonyl (C=O) groups is 2. The first kappa shape index (κ1) is 43.6. The van der Waals surface area contributed by atoms with Crippen molar-refractivity contribution in [3.8, 4) is 23.0 Å². The van der Waals surface area contributed by atoms with Crippen LogP contribution < -0.4 is 18.9 Å². The summed E-state index contributed by atoms with van der Waals surface area (Å²) in [6.07, 6.45) is 8.60. The number of hydrogen-bond acceptors (Lipinski definition) is 10. The SMILES string of the molecule is CCO[C@@H]1OC(C(=O)N2CCc3cc(OC)c(OC)cc3[C@H]2C[C@H]2C[C@H]3c4cc(OC)c(OC)cc4CCN3C[C@@H]2CC)=C[C@H](c2cn(C(C)=O)c3ccccc23)[C@@H]1CCCO. The standard InChI is InChI=1S/C50H63N3O9/c1-8-31-28-51-18-16-32-23-44(57-4)46(59-6)25-37(32)42(51)21-34(31)22-43-38-26-47(60-7)45(58-5)24-33(38)17-19-52(43)49(56)48-27-39(36(14-12-20-54)50(62-48)61-9-2)40-29-53(30(3)55)41-15-11-10-13-35(40)41/h10-11,13,15,23-27,29,31,34,36,39,42-43,50,54H,8-9,12,14,16-22,28H2,1-7H3/t31-,34+,36-,39-,42-,43+,50+/m0/s1. The lowest BCUT2D eigenvalue weighted by molar-refractivity contribution is -0.171. The van der Waals surface area contributed by atoms with Crippen molar-refractivity contribution in [3.63, 3.8) is 0 Å². The second kappa shape index (κ2) is 18.7. The molecule has 0 unspecified atom stereocenters. The van der Waals surface area contributed by atoms with Gasteiger partial charge in [0.05, 0.1) is 40.0 Å². The number of benzene rings is 3. The second-order valence-corrected chi connectivity index (χ2v) is 17.3. The Kier molecular flexibility index (Phi) is 13.2. The number of amides is 1. The number of methoxy groups -OCH3 is 4. The van der Waals surface area contributed by atoms with E-state index in [0.717, 1.165) is 77.9 Å². The van der Waals surface area contributed by atoms with Crippen molar-refractivity contribution >= 4 is 22.7 Å². The molecule has 0 bridgehead atoms. The van der Waals surface area contributed by atoms with E-state index in [9.17, 15) is 9.90 Å². The first-order valence-corrected chi connectivity index (χ1v) is 22.4. The Morgan fingerprint density at radius 1 is 0.839 bits per heavy atom. The molecule has 3 aromatic carbocycles. The molecule has 0 saturated carbocycles. The van der Waals surface area contributed by atoms with Gasteiger partial charge in [-0.1, -0.05) is 31.5 Å². The summed E-state index contributed by atoms with van der Waals surface area (Å²) >= 11 is 0. The number of aliphatic hydroxyl groups excluding tert-OH is 1. The summed E-state index contributed by atoms with van der Waals surface area (Å²) in [6, 6.07) is 16.3. The van der Waals surface area contributed by atoms with E-state index >= 15 is 4.79 Å². The van der Waals surface area contributed by atoms with Gasteiger partial charge in [0.2, 0.25) is 12.2 Å². The van der Waals surface area contributed by atoms with Crippen LogP contribution in [0.15, 0.2) is 66.6 Å². The normalized spacial score (nSPS) is 24.6. The summed E-state index contributed by atoms with van der Waals surface area (Å²) in [6.45, 7) is 8.63. The van der Waals surface area contributed by atoms with Crippen LogP contribution in [0.1, 0.15) is 103 Å². The molecule has 1 saturated heterocycles. The van der Waals surface area contributed by atoms with Crippen molar-refractivity contribution < 1.29 is 43.1 Å². The summed E-state index contributed by atoms with van der Waals surface area (Å²) in [7, 11) is 6.70. The molecule has 1 amide bonds. The van der Waals surface area contributed by atoms with Gasteiger partial charge >= 0.3 is 0 Å². The smallest absolute Gasteiger partial charge is 0.289 e. The number of para-hydroxylation sites is 1. The van der Waals surface area contributed by atoms with Crippen molar-refractivity contribution in [2.75, 3.05) is 61.3 Å². The number of nitrogens with zero attached hydrogens (tertiary/aromatic N) is 3. The van der Waals surface area contributed by atoms with Crippen LogP contribution in [0.3, 0.4) is 0 Å². The maximum Gasteiger partial charge on any atom is 0.289 e. The lowest BCUT2D eigenvalue weighted by Crippen LogP contribution is -2.48. The third-order valence-electron chi connectivity index (χ3n) is 14.2. The molecular weight excluding hydrogens is 787 g/mol. The van der Waals surface area contributed by atoms with E-state index in [1.807, 2.05) is 48.4 Å². The third-order valence-corrected chi connectivity index (χ3v) is 14.2. The molecule has 0 spiro atoms. The summed E-state index contributed by atoms with van der Waals surface area (Å²) in [5.41, 5.74) is 6.55. The van der Waals surface area contributed by atoms with Crippen LogP contribution in [0.4, 0.5) is 0 Å². The molecule has 1 aromatic heterocycles. The molecule has 5 heterocycles. The lowest BCUT2D eigenvalue weighted by atomic mass is 9.72. The van der Waals surface area contributed by atoms with E-state index in [1.54, 1.807) is 39.9 Å². The fraction of sp³-hybridized carbons (Fsp3) is 0.520. The van der Waals surface area contributed by atoms with Gasteiger partial charge < -0.3 is 38.4 Å². The lowest BCUT2D eigenvalue weighted by Gasteiger charge is -2.49. The van der Waals surface area contributed by atoms with Gasteiger partial charge in [-0.2, -0.15) is 0 Å². The molecule has 62 heavy (non-hydrogen) atoms. The maximum absolute atomic E-state index is 15.5. The molecule has 0 aliphatic carbocycles. The Hall–Kier alpha value is -5.04. The number of piperidine rings is 1. The van der Waals surface area contributed by atoms with E-state index in [2.05, 4.69) is 36.1 Å². The van der Waals surface area contributed by atoms with Crippen LogP contribution in [0.5, 0.6) is 23.0 Å². The van der Waals surface area contributed by atoms with Gasteiger partial charge in [-0.25, -0.2) is 0 Å². The molecule has 8 rings (SSSR count). The Bertz CT molecular complexity index is 2300. The fourth-order valence-corrected chi connectivity index (χ4v) is 11.1. The minimum absolute atomic E-state index is 0.0156. The van der Waals surface area contributed by atoms with Crippen LogP contribution in [-0.2, 0) is 27.1 Å². The molecule has 4 aliphatic rings. The van der Waals surface area contributed by atoms with Crippen LogP contribution in [0.25, 0.3) is 10.9 Å². The van der Waals surface area contributed by atoms with Gasteiger partial charge in [0.1, 0.15) is 0 Å². The van der Waals surface area contributed by atoms with Crippen molar-refractivity contribution in [1.82, 2.24) is 14.4 Å². The summed E-state index contributed by atoms with van der Waals surface area (Å²) in [4.78, 5) is 33.1. The third kappa shape index (κ3) is 8.05. The molecule has 7 atom stereocenters. The van der Waals surface area contributed by atoms with Gasteiger partial charge in [0, 0.05) is 69.2 Å². The van der Waals surface area contributed by atoms with Crippen LogP contribution in [0, 0.1) is 17.8 Å². The molecule has 12 heteroatoms. The molecule has 12 nitrogen and oxygen atoms in total. The van der Waals surface area contributed by atoms with Crippen LogP contribution >= 0.6 is 0 Å². The monoisotopic (exact) mass is 849 g/mol.